The van der Waals surface area contributed by atoms with E-state index in [0.717, 1.165) is 16.5 Å². The molecule has 2 heterocycles. The van der Waals surface area contributed by atoms with Gasteiger partial charge in [0.25, 0.3) is 0 Å². The van der Waals surface area contributed by atoms with Gasteiger partial charge in [-0.25, -0.2) is 8.42 Å². The Bertz CT molecular complexity index is 647. The second kappa shape index (κ2) is 5.97. The molecule has 2 aliphatic rings. The predicted molar refractivity (Wildman–Crippen MR) is 85.1 cm³/mol. The summed E-state index contributed by atoms with van der Waals surface area (Å²) < 4.78 is 35.4. The summed E-state index contributed by atoms with van der Waals surface area (Å²) in [4.78, 5) is 0. The Kier molecular flexibility index (Phi) is 4.39. The zero-order valence-electron chi connectivity index (χ0n) is 11.3. The van der Waals surface area contributed by atoms with E-state index in [9.17, 15) is 8.42 Å². The smallest absolute Gasteiger partial charge is 0.175 e. The first-order chi connectivity index (χ1) is 9.96. The van der Waals surface area contributed by atoms with Crippen LogP contribution in [0.2, 0.25) is 0 Å². The van der Waals surface area contributed by atoms with Gasteiger partial charge in [0.2, 0.25) is 0 Å². The van der Waals surface area contributed by atoms with Gasteiger partial charge in [0.15, 0.2) is 21.3 Å². The monoisotopic (exact) mass is 394 g/mol. The molecular weight excluding hydrogens is 380 g/mol. The van der Waals surface area contributed by atoms with Crippen LogP contribution >= 0.6 is 27.5 Å². The maximum Gasteiger partial charge on any atom is 0.175 e. The van der Waals surface area contributed by atoms with Crippen LogP contribution in [0.4, 0.5) is 0 Å². The van der Waals surface area contributed by atoms with Gasteiger partial charge in [-0.15, -0.1) is 11.6 Å². The number of benzene rings is 1. The number of halogens is 2. The van der Waals surface area contributed by atoms with Gasteiger partial charge in [-0.05, 0) is 46.0 Å². The summed E-state index contributed by atoms with van der Waals surface area (Å²) >= 11 is 10.00. The highest BCUT2D eigenvalue weighted by Crippen LogP contribution is 2.43. The molecule has 0 aliphatic carbocycles. The minimum Gasteiger partial charge on any atom is -0.490 e. The summed E-state index contributed by atoms with van der Waals surface area (Å²) in [5.74, 6) is 1.70. The molecule has 1 aromatic rings. The summed E-state index contributed by atoms with van der Waals surface area (Å²) in [7, 11) is -2.93. The van der Waals surface area contributed by atoms with Crippen LogP contribution in [0.5, 0.6) is 11.5 Å². The third-order valence-electron chi connectivity index (χ3n) is 3.82. The van der Waals surface area contributed by atoms with E-state index in [2.05, 4.69) is 15.9 Å². The molecule has 0 bridgehead atoms. The van der Waals surface area contributed by atoms with Crippen molar-refractivity contribution in [2.45, 2.75) is 18.2 Å². The second-order valence-electron chi connectivity index (χ2n) is 5.45. The first kappa shape index (κ1) is 15.4. The van der Waals surface area contributed by atoms with Crippen LogP contribution in [-0.2, 0) is 9.84 Å². The average molecular weight is 396 g/mol. The number of fused-ring (bicyclic) bond motifs is 1. The highest BCUT2D eigenvalue weighted by molar-refractivity contribution is 9.10. The molecule has 3 rings (SSSR count). The van der Waals surface area contributed by atoms with Crippen molar-refractivity contribution in [1.29, 1.82) is 0 Å². The van der Waals surface area contributed by atoms with Crippen LogP contribution in [0.3, 0.4) is 0 Å². The predicted octanol–water partition coefficient (Wildman–Crippen LogP) is 3.33. The van der Waals surface area contributed by atoms with Gasteiger partial charge >= 0.3 is 0 Å². The lowest BCUT2D eigenvalue weighted by Gasteiger charge is -2.18. The van der Waals surface area contributed by atoms with Crippen molar-refractivity contribution < 1.29 is 17.9 Å². The zero-order valence-corrected chi connectivity index (χ0v) is 14.5. The van der Waals surface area contributed by atoms with Crippen LogP contribution in [0.15, 0.2) is 16.6 Å². The number of ether oxygens (including phenoxy) is 2. The Morgan fingerprint density at radius 1 is 1.29 bits per heavy atom. The molecule has 1 fully saturated rings. The summed E-state index contributed by atoms with van der Waals surface area (Å²) in [5.41, 5.74) is 0.870. The van der Waals surface area contributed by atoms with Crippen LogP contribution in [0.25, 0.3) is 0 Å². The lowest BCUT2D eigenvalue weighted by atomic mass is 9.98. The largest absolute Gasteiger partial charge is 0.490 e. The Morgan fingerprint density at radius 3 is 2.76 bits per heavy atom. The fourth-order valence-corrected chi connectivity index (χ4v) is 5.60. The topological polar surface area (TPSA) is 52.6 Å². The van der Waals surface area contributed by atoms with Crippen LogP contribution in [-0.4, -0.2) is 33.1 Å². The van der Waals surface area contributed by atoms with Crippen molar-refractivity contribution in [1.82, 2.24) is 0 Å². The van der Waals surface area contributed by atoms with Gasteiger partial charge < -0.3 is 9.47 Å². The molecule has 2 unspecified atom stereocenters. The van der Waals surface area contributed by atoms with Crippen molar-refractivity contribution in [2.75, 3.05) is 24.7 Å². The number of hydrogen-bond acceptors (Lipinski definition) is 4. The molecule has 2 atom stereocenters. The standard InChI is InChI=1S/C14H16BrClO4S/c15-11-6-10(7-12-14(11)20-4-1-3-19-12)13(16)9-2-5-21(17,18)8-9/h6-7,9,13H,1-5,8H2. The van der Waals surface area contributed by atoms with Gasteiger partial charge in [0.1, 0.15) is 0 Å². The quantitative estimate of drug-likeness (QED) is 0.721. The highest BCUT2D eigenvalue weighted by atomic mass is 79.9. The molecule has 0 radical (unpaired) electrons. The zero-order chi connectivity index (χ0) is 15.0. The molecular formula is C14H16BrClO4S. The van der Waals surface area contributed by atoms with Crippen molar-refractivity contribution >= 4 is 37.4 Å². The maximum absolute atomic E-state index is 11.6. The van der Waals surface area contributed by atoms with Crippen molar-refractivity contribution in [3.05, 3.63) is 22.2 Å². The normalized spacial score (nSPS) is 25.3. The lowest BCUT2D eigenvalue weighted by molar-refractivity contribution is 0.296. The van der Waals surface area contributed by atoms with Crippen LogP contribution in [0.1, 0.15) is 23.8 Å². The Labute approximate surface area is 137 Å². The number of alkyl halides is 1. The summed E-state index contributed by atoms with van der Waals surface area (Å²) in [6.07, 6.45) is 1.45. The molecule has 21 heavy (non-hydrogen) atoms. The van der Waals surface area contributed by atoms with E-state index >= 15 is 0 Å². The second-order valence-corrected chi connectivity index (χ2v) is 9.00. The summed E-state index contributed by atoms with van der Waals surface area (Å²) in [6.45, 7) is 1.23. The van der Waals surface area contributed by atoms with E-state index in [-0.39, 0.29) is 22.8 Å². The Hall–Kier alpha value is -0.460. The Morgan fingerprint density at radius 2 is 2.05 bits per heavy atom. The maximum atomic E-state index is 11.6. The van der Waals surface area contributed by atoms with E-state index in [1.165, 1.54) is 0 Å². The van der Waals surface area contributed by atoms with E-state index in [4.69, 9.17) is 21.1 Å². The molecule has 0 aromatic heterocycles. The van der Waals surface area contributed by atoms with Crippen molar-refractivity contribution in [2.24, 2.45) is 5.92 Å². The third kappa shape index (κ3) is 3.32. The molecule has 0 saturated carbocycles. The molecule has 1 saturated heterocycles. The molecule has 2 aliphatic heterocycles. The molecule has 1 aromatic carbocycles. The number of sulfone groups is 1. The SMILES string of the molecule is O=S1(=O)CCC(C(Cl)c2cc(Br)c3c(c2)OCCCO3)C1. The average Bonchev–Trinajstić information content (AvgIpc) is 2.65. The number of hydrogen-bond donors (Lipinski definition) is 0. The van der Waals surface area contributed by atoms with Crippen LogP contribution in [0, 0.1) is 5.92 Å². The van der Waals surface area contributed by atoms with Crippen molar-refractivity contribution in [3.8, 4) is 11.5 Å². The fourth-order valence-electron chi connectivity index (χ4n) is 2.74. The highest BCUT2D eigenvalue weighted by Gasteiger charge is 2.34. The first-order valence-electron chi connectivity index (χ1n) is 6.90. The van der Waals surface area contributed by atoms with E-state index in [1.807, 2.05) is 12.1 Å². The molecule has 0 N–H and O–H groups in total. The fraction of sp³-hybridized carbons (Fsp3) is 0.571. The molecule has 116 valence electrons. The van der Waals surface area contributed by atoms with Gasteiger partial charge in [-0.3, -0.25) is 0 Å². The van der Waals surface area contributed by atoms with Crippen molar-refractivity contribution in [3.63, 3.8) is 0 Å². The van der Waals surface area contributed by atoms with Gasteiger partial charge in [0.05, 0.1) is 34.6 Å². The third-order valence-corrected chi connectivity index (χ3v) is 6.82. The van der Waals surface area contributed by atoms with Gasteiger partial charge in [0, 0.05) is 6.42 Å². The minimum atomic E-state index is -2.93. The molecule has 0 spiro atoms. The van der Waals surface area contributed by atoms with E-state index in [0.29, 0.717) is 31.1 Å². The van der Waals surface area contributed by atoms with Gasteiger partial charge in [-0.1, -0.05) is 0 Å². The number of rotatable bonds is 2. The van der Waals surface area contributed by atoms with Crippen LogP contribution < -0.4 is 9.47 Å². The first-order valence-corrected chi connectivity index (χ1v) is 9.95. The molecule has 7 heteroatoms. The summed E-state index contributed by atoms with van der Waals surface area (Å²) in [5, 5.41) is -0.337. The van der Waals surface area contributed by atoms with Gasteiger partial charge in [-0.2, -0.15) is 0 Å². The molecule has 4 nitrogen and oxygen atoms in total. The minimum absolute atomic E-state index is 0.0479. The van der Waals surface area contributed by atoms with E-state index in [1.54, 1.807) is 0 Å². The molecule has 0 amide bonds. The lowest BCUT2D eigenvalue weighted by Crippen LogP contribution is -2.10. The summed E-state index contributed by atoms with van der Waals surface area (Å²) in [6, 6.07) is 3.77. The van der Waals surface area contributed by atoms with E-state index < -0.39 is 9.84 Å². The Balaban J connectivity index is 1.89.